The first kappa shape index (κ1) is 13.4. The molecule has 0 aliphatic heterocycles. The summed E-state index contributed by atoms with van der Waals surface area (Å²) in [5.41, 5.74) is 8.97. The van der Waals surface area contributed by atoms with Gasteiger partial charge in [-0.25, -0.2) is 0 Å². The Hall–Kier alpha value is -2.56. The van der Waals surface area contributed by atoms with Crippen LogP contribution in [-0.2, 0) is 24.2 Å². The van der Waals surface area contributed by atoms with Crippen molar-refractivity contribution in [2.75, 3.05) is 11.1 Å². The van der Waals surface area contributed by atoms with Gasteiger partial charge < -0.3 is 15.6 Å². The Bertz CT molecular complexity index is 732. The quantitative estimate of drug-likeness (QED) is 0.839. The van der Waals surface area contributed by atoms with Crippen molar-refractivity contribution in [2.45, 2.75) is 25.8 Å². The fourth-order valence-electron chi connectivity index (χ4n) is 2.72. The second-order valence-electron chi connectivity index (χ2n) is 5.25. The number of nitrogens with zero attached hydrogens (tertiary/aromatic N) is 1. The molecule has 0 radical (unpaired) electrons. The van der Waals surface area contributed by atoms with E-state index in [0.717, 1.165) is 25.0 Å². The number of rotatable bonds is 3. The number of aromatic nitrogens is 1. The van der Waals surface area contributed by atoms with E-state index in [4.69, 9.17) is 5.73 Å². The fourth-order valence-corrected chi connectivity index (χ4v) is 2.72. The molecule has 0 bridgehead atoms. The molecule has 0 saturated heterocycles. The molecule has 1 aromatic carbocycles. The highest BCUT2D eigenvalue weighted by Gasteiger charge is 2.17. The number of amides is 1. The molecule has 21 heavy (non-hydrogen) atoms. The van der Waals surface area contributed by atoms with E-state index in [1.165, 1.54) is 5.56 Å². The Balaban J connectivity index is 1.78. The average molecular weight is 283 g/mol. The molecule has 0 saturated carbocycles. The number of fused-ring (bicyclic) bond motifs is 1. The second kappa shape index (κ2) is 5.44. The van der Waals surface area contributed by atoms with Crippen LogP contribution >= 0.6 is 0 Å². The highest BCUT2D eigenvalue weighted by atomic mass is 16.2. The van der Waals surface area contributed by atoms with Crippen molar-refractivity contribution in [1.29, 1.82) is 0 Å². The van der Waals surface area contributed by atoms with E-state index in [-0.39, 0.29) is 18.0 Å². The van der Waals surface area contributed by atoms with Gasteiger partial charge in [0.05, 0.1) is 0 Å². The van der Waals surface area contributed by atoms with E-state index in [1.54, 1.807) is 34.9 Å². The SMILES string of the molecule is Nc1ccc(NC(=O)Cn2c3c(ccc2=O)CCC3)cc1. The Morgan fingerprint density at radius 3 is 2.67 bits per heavy atom. The summed E-state index contributed by atoms with van der Waals surface area (Å²) < 4.78 is 1.58. The summed E-state index contributed by atoms with van der Waals surface area (Å²) >= 11 is 0. The Labute approximate surface area is 122 Å². The van der Waals surface area contributed by atoms with Crippen molar-refractivity contribution in [3.05, 3.63) is 58.0 Å². The number of nitrogens with two attached hydrogens (primary N) is 1. The lowest BCUT2D eigenvalue weighted by molar-refractivity contribution is -0.116. The van der Waals surface area contributed by atoms with E-state index in [1.807, 2.05) is 6.07 Å². The highest BCUT2D eigenvalue weighted by Crippen LogP contribution is 2.20. The molecule has 1 aliphatic rings. The first-order valence-electron chi connectivity index (χ1n) is 7.00. The van der Waals surface area contributed by atoms with Gasteiger partial charge in [0.1, 0.15) is 6.54 Å². The van der Waals surface area contributed by atoms with Crippen LogP contribution in [0.25, 0.3) is 0 Å². The van der Waals surface area contributed by atoms with E-state index < -0.39 is 0 Å². The van der Waals surface area contributed by atoms with Gasteiger partial charge in [0.2, 0.25) is 5.91 Å². The van der Waals surface area contributed by atoms with Crippen molar-refractivity contribution in [3.63, 3.8) is 0 Å². The third kappa shape index (κ3) is 2.81. The minimum Gasteiger partial charge on any atom is -0.399 e. The average Bonchev–Trinajstić information content (AvgIpc) is 2.93. The number of nitrogen functional groups attached to an aromatic ring is 1. The van der Waals surface area contributed by atoms with E-state index in [2.05, 4.69) is 5.32 Å². The second-order valence-corrected chi connectivity index (χ2v) is 5.25. The summed E-state index contributed by atoms with van der Waals surface area (Å²) in [6.07, 6.45) is 2.88. The Morgan fingerprint density at radius 2 is 1.90 bits per heavy atom. The number of carbonyl (C=O) groups is 1. The molecule has 0 unspecified atom stereocenters. The maximum absolute atomic E-state index is 12.1. The van der Waals surface area contributed by atoms with Crippen LogP contribution in [0.5, 0.6) is 0 Å². The first-order valence-corrected chi connectivity index (χ1v) is 7.00. The molecular weight excluding hydrogens is 266 g/mol. The number of pyridine rings is 1. The number of anilines is 2. The smallest absolute Gasteiger partial charge is 0.251 e. The van der Waals surface area contributed by atoms with E-state index >= 15 is 0 Å². The van der Waals surface area contributed by atoms with E-state index in [0.29, 0.717) is 11.4 Å². The van der Waals surface area contributed by atoms with Crippen LogP contribution in [-0.4, -0.2) is 10.5 Å². The van der Waals surface area contributed by atoms with Crippen LogP contribution in [0.1, 0.15) is 17.7 Å². The van der Waals surface area contributed by atoms with Crippen LogP contribution in [0, 0.1) is 0 Å². The number of hydrogen-bond acceptors (Lipinski definition) is 3. The van der Waals surface area contributed by atoms with Crippen LogP contribution in [0.4, 0.5) is 11.4 Å². The molecule has 1 aromatic heterocycles. The van der Waals surface area contributed by atoms with Gasteiger partial charge >= 0.3 is 0 Å². The molecule has 0 fully saturated rings. The third-order valence-electron chi connectivity index (χ3n) is 3.75. The van der Waals surface area contributed by atoms with Crippen molar-refractivity contribution < 1.29 is 4.79 Å². The maximum atomic E-state index is 12.1. The van der Waals surface area contributed by atoms with Gasteiger partial charge in [-0.15, -0.1) is 0 Å². The normalized spacial score (nSPS) is 13.0. The number of carbonyl (C=O) groups excluding carboxylic acids is 1. The molecule has 1 amide bonds. The van der Waals surface area contributed by atoms with E-state index in [9.17, 15) is 9.59 Å². The largest absolute Gasteiger partial charge is 0.399 e. The van der Waals surface area contributed by atoms with Gasteiger partial charge in [-0.3, -0.25) is 9.59 Å². The van der Waals surface area contributed by atoms with Crippen molar-refractivity contribution >= 4 is 17.3 Å². The molecule has 5 nitrogen and oxygen atoms in total. The van der Waals surface area contributed by atoms with Crippen molar-refractivity contribution in [1.82, 2.24) is 4.57 Å². The standard InChI is InChI=1S/C16H17N3O2/c17-12-5-7-13(8-6-12)18-15(20)10-19-14-3-1-2-11(14)4-9-16(19)21/h4-9H,1-3,10,17H2,(H,18,20). The summed E-state index contributed by atoms with van der Waals surface area (Å²) in [4.78, 5) is 24.1. The lowest BCUT2D eigenvalue weighted by Gasteiger charge is -2.12. The molecule has 0 atom stereocenters. The Kier molecular flexibility index (Phi) is 3.48. The molecule has 5 heteroatoms. The zero-order valence-corrected chi connectivity index (χ0v) is 11.6. The third-order valence-corrected chi connectivity index (χ3v) is 3.75. The minimum absolute atomic E-state index is 0.0480. The van der Waals surface area contributed by atoms with Gasteiger partial charge in [0.25, 0.3) is 5.56 Å². The molecule has 1 aliphatic carbocycles. The topological polar surface area (TPSA) is 77.1 Å². The zero-order valence-electron chi connectivity index (χ0n) is 11.6. The van der Waals surface area contributed by atoms with Crippen LogP contribution < -0.4 is 16.6 Å². The molecule has 3 rings (SSSR count). The van der Waals surface area contributed by atoms with Crippen LogP contribution in [0.2, 0.25) is 0 Å². The maximum Gasteiger partial charge on any atom is 0.251 e. The lowest BCUT2D eigenvalue weighted by Crippen LogP contribution is -2.29. The Morgan fingerprint density at radius 1 is 1.14 bits per heavy atom. The number of aryl methyl sites for hydroxylation is 1. The van der Waals surface area contributed by atoms with Crippen molar-refractivity contribution in [2.24, 2.45) is 0 Å². The lowest BCUT2D eigenvalue weighted by atomic mass is 10.2. The highest BCUT2D eigenvalue weighted by molar-refractivity contribution is 5.90. The molecule has 1 heterocycles. The number of nitrogens with one attached hydrogen (secondary N) is 1. The molecular formula is C16H17N3O2. The zero-order chi connectivity index (χ0) is 14.8. The summed E-state index contributed by atoms with van der Waals surface area (Å²) in [7, 11) is 0. The first-order chi connectivity index (χ1) is 10.1. The predicted molar refractivity (Wildman–Crippen MR) is 82.2 cm³/mol. The number of benzene rings is 1. The summed E-state index contributed by atoms with van der Waals surface area (Å²) in [6.45, 7) is 0.0480. The van der Waals surface area contributed by atoms with Gasteiger partial charge in [-0.05, 0) is 49.1 Å². The molecule has 108 valence electrons. The van der Waals surface area contributed by atoms with Gasteiger partial charge in [-0.2, -0.15) is 0 Å². The van der Waals surface area contributed by atoms with Crippen LogP contribution in [0.3, 0.4) is 0 Å². The molecule has 3 N–H and O–H groups in total. The molecule has 2 aromatic rings. The summed E-state index contributed by atoms with van der Waals surface area (Å²) in [5, 5.41) is 2.78. The summed E-state index contributed by atoms with van der Waals surface area (Å²) in [6, 6.07) is 10.3. The predicted octanol–water partition coefficient (Wildman–Crippen LogP) is 1.56. The van der Waals surface area contributed by atoms with Gasteiger partial charge in [0, 0.05) is 23.1 Å². The minimum atomic E-state index is -0.206. The number of hydrogen-bond donors (Lipinski definition) is 2. The molecule has 0 spiro atoms. The monoisotopic (exact) mass is 283 g/mol. The van der Waals surface area contributed by atoms with Crippen molar-refractivity contribution in [3.8, 4) is 0 Å². The van der Waals surface area contributed by atoms with Gasteiger partial charge in [0.15, 0.2) is 0 Å². The van der Waals surface area contributed by atoms with Gasteiger partial charge in [-0.1, -0.05) is 6.07 Å². The summed E-state index contributed by atoms with van der Waals surface area (Å²) in [5.74, 6) is -0.206. The van der Waals surface area contributed by atoms with Crippen LogP contribution in [0.15, 0.2) is 41.2 Å². The fraction of sp³-hybridized carbons (Fsp3) is 0.250.